The highest BCUT2D eigenvalue weighted by atomic mass is 32.1. The maximum Gasteiger partial charge on any atom is 0.265 e. The third kappa shape index (κ3) is 3.32. The molecule has 0 atom stereocenters. The average Bonchev–Trinajstić information content (AvgIpc) is 2.60. The van der Waals surface area contributed by atoms with Crippen molar-refractivity contribution in [3.63, 3.8) is 0 Å². The molecule has 2 aliphatic rings. The molecule has 1 N–H and O–H groups in total. The first-order chi connectivity index (χ1) is 11.6. The van der Waals surface area contributed by atoms with Crippen molar-refractivity contribution >= 4 is 40.9 Å². The molecule has 24 heavy (non-hydrogen) atoms. The molecule has 0 radical (unpaired) electrons. The van der Waals surface area contributed by atoms with Crippen molar-refractivity contribution in [2.24, 2.45) is 0 Å². The smallest absolute Gasteiger partial charge is 0.265 e. The number of benzene rings is 1. The van der Waals surface area contributed by atoms with E-state index in [0.29, 0.717) is 6.54 Å². The van der Waals surface area contributed by atoms with E-state index in [4.69, 9.17) is 17.0 Å². The number of amides is 2. The molecule has 0 aromatic heterocycles. The molecule has 2 saturated heterocycles. The third-order valence-corrected chi connectivity index (χ3v) is 4.40. The second-order valence-corrected chi connectivity index (χ2v) is 5.94. The standard InChI is InChI=1S/C17H19N3O3S/c1-2-20-16(22)14(15(21)18-17(20)24)11-12-3-5-13(6-4-12)19-7-9-23-10-8-19/h3-6,11H,2,7-10H2,1H3,(H,18,21,24)/b14-11+. The zero-order valence-corrected chi connectivity index (χ0v) is 14.3. The summed E-state index contributed by atoms with van der Waals surface area (Å²) in [4.78, 5) is 28.1. The number of thiocarbonyl (C=S) groups is 1. The number of nitrogens with one attached hydrogen (secondary N) is 1. The predicted molar refractivity (Wildman–Crippen MR) is 95.6 cm³/mol. The van der Waals surface area contributed by atoms with E-state index in [1.54, 1.807) is 6.08 Å². The van der Waals surface area contributed by atoms with E-state index in [9.17, 15) is 9.59 Å². The SMILES string of the molecule is CCN1C(=O)/C(=C/c2ccc(N3CCOCC3)cc2)C(=O)NC1=S. The Morgan fingerprint density at radius 2 is 1.88 bits per heavy atom. The molecule has 2 fully saturated rings. The molecular weight excluding hydrogens is 326 g/mol. The van der Waals surface area contributed by atoms with Gasteiger partial charge < -0.3 is 9.64 Å². The Balaban J connectivity index is 1.81. The molecule has 6 nitrogen and oxygen atoms in total. The van der Waals surface area contributed by atoms with Gasteiger partial charge in [0, 0.05) is 25.3 Å². The Morgan fingerprint density at radius 3 is 2.50 bits per heavy atom. The molecule has 1 aromatic rings. The highest BCUT2D eigenvalue weighted by molar-refractivity contribution is 7.80. The Bertz CT molecular complexity index is 694. The van der Waals surface area contributed by atoms with Gasteiger partial charge in [0.2, 0.25) is 0 Å². The Labute approximate surface area is 146 Å². The van der Waals surface area contributed by atoms with Crippen LogP contribution in [0.15, 0.2) is 29.8 Å². The van der Waals surface area contributed by atoms with Crippen LogP contribution in [-0.4, -0.2) is 54.7 Å². The fraction of sp³-hybridized carbons (Fsp3) is 0.353. The summed E-state index contributed by atoms with van der Waals surface area (Å²) >= 11 is 5.02. The highest BCUT2D eigenvalue weighted by Crippen LogP contribution is 2.19. The molecule has 7 heteroatoms. The van der Waals surface area contributed by atoms with E-state index in [0.717, 1.165) is 37.6 Å². The van der Waals surface area contributed by atoms with Crippen LogP contribution in [-0.2, 0) is 14.3 Å². The lowest BCUT2D eigenvalue weighted by Crippen LogP contribution is -2.53. The summed E-state index contributed by atoms with van der Waals surface area (Å²) in [7, 11) is 0. The highest BCUT2D eigenvalue weighted by Gasteiger charge is 2.32. The molecule has 1 aromatic carbocycles. The van der Waals surface area contributed by atoms with Crippen LogP contribution in [0, 0.1) is 0 Å². The number of nitrogens with zero attached hydrogens (tertiary/aromatic N) is 2. The summed E-state index contributed by atoms with van der Waals surface area (Å²) in [6.07, 6.45) is 1.60. The fourth-order valence-corrected chi connectivity index (χ4v) is 3.06. The first kappa shape index (κ1) is 16.6. The van der Waals surface area contributed by atoms with Crippen molar-refractivity contribution in [1.82, 2.24) is 10.2 Å². The van der Waals surface area contributed by atoms with E-state index in [1.165, 1.54) is 4.90 Å². The minimum atomic E-state index is -0.452. The van der Waals surface area contributed by atoms with Crippen LogP contribution >= 0.6 is 12.2 Å². The van der Waals surface area contributed by atoms with Gasteiger partial charge in [-0.3, -0.25) is 19.8 Å². The summed E-state index contributed by atoms with van der Waals surface area (Å²) in [5.41, 5.74) is 2.01. The van der Waals surface area contributed by atoms with Crippen LogP contribution in [0.25, 0.3) is 6.08 Å². The molecule has 0 bridgehead atoms. The van der Waals surface area contributed by atoms with Gasteiger partial charge in [-0.15, -0.1) is 0 Å². The van der Waals surface area contributed by atoms with E-state index in [1.807, 2.05) is 31.2 Å². The van der Waals surface area contributed by atoms with Gasteiger partial charge in [-0.2, -0.15) is 0 Å². The lowest BCUT2D eigenvalue weighted by atomic mass is 10.1. The minimum absolute atomic E-state index is 0.101. The Kier molecular flexibility index (Phi) is 4.92. The maximum absolute atomic E-state index is 12.4. The number of anilines is 1. The number of carbonyl (C=O) groups excluding carboxylic acids is 2. The second kappa shape index (κ2) is 7.11. The van der Waals surface area contributed by atoms with Crippen molar-refractivity contribution < 1.29 is 14.3 Å². The van der Waals surface area contributed by atoms with Gasteiger partial charge in [-0.05, 0) is 42.9 Å². The molecule has 2 heterocycles. The number of hydrogen-bond donors (Lipinski definition) is 1. The summed E-state index contributed by atoms with van der Waals surface area (Å²) < 4.78 is 5.35. The van der Waals surface area contributed by atoms with Crippen molar-refractivity contribution in [2.45, 2.75) is 6.92 Å². The largest absolute Gasteiger partial charge is 0.378 e. The summed E-state index contributed by atoms with van der Waals surface area (Å²) in [5, 5.41) is 2.71. The number of ether oxygens (including phenoxy) is 1. The van der Waals surface area contributed by atoms with Crippen molar-refractivity contribution in [3.05, 3.63) is 35.4 Å². The molecule has 3 rings (SSSR count). The zero-order chi connectivity index (χ0) is 17.1. The summed E-state index contributed by atoms with van der Waals surface area (Å²) in [5.74, 6) is -0.810. The number of rotatable bonds is 3. The lowest BCUT2D eigenvalue weighted by Gasteiger charge is -2.29. The quantitative estimate of drug-likeness (QED) is 0.506. The van der Waals surface area contributed by atoms with Crippen LogP contribution in [0.2, 0.25) is 0 Å². The van der Waals surface area contributed by atoms with Gasteiger partial charge in [0.05, 0.1) is 13.2 Å². The van der Waals surface area contributed by atoms with Gasteiger partial charge in [-0.25, -0.2) is 0 Å². The average molecular weight is 345 g/mol. The zero-order valence-electron chi connectivity index (χ0n) is 13.4. The molecule has 2 amide bonds. The van der Waals surface area contributed by atoms with Crippen molar-refractivity contribution in [1.29, 1.82) is 0 Å². The maximum atomic E-state index is 12.4. The van der Waals surface area contributed by atoms with Gasteiger partial charge >= 0.3 is 0 Å². The van der Waals surface area contributed by atoms with Crippen molar-refractivity contribution in [3.8, 4) is 0 Å². The van der Waals surface area contributed by atoms with E-state index in [2.05, 4.69) is 10.2 Å². The van der Waals surface area contributed by atoms with Gasteiger partial charge in [0.1, 0.15) is 5.57 Å². The monoisotopic (exact) mass is 345 g/mol. The number of hydrogen-bond acceptors (Lipinski definition) is 5. The topological polar surface area (TPSA) is 61.9 Å². The number of morpholine rings is 1. The second-order valence-electron chi connectivity index (χ2n) is 5.56. The molecule has 0 unspecified atom stereocenters. The van der Waals surface area contributed by atoms with Crippen LogP contribution < -0.4 is 10.2 Å². The molecular formula is C17H19N3O3S. The van der Waals surface area contributed by atoms with Crippen LogP contribution in [0.3, 0.4) is 0 Å². The van der Waals surface area contributed by atoms with E-state index in [-0.39, 0.29) is 16.6 Å². The first-order valence-electron chi connectivity index (χ1n) is 7.92. The first-order valence-corrected chi connectivity index (χ1v) is 8.32. The van der Waals surface area contributed by atoms with Gasteiger partial charge in [-0.1, -0.05) is 12.1 Å². The van der Waals surface area contributed by atoms with E-state index >= 15 is 0 Å². The van der Waals surface area contributed by atoms with Gasteiger partial charge in [0.25, 0.3) is 11.8 Å². The summed E-state index contributed by atoms with van der Waals surface area (Å²) in [6.45, 7) is 5.43. The normalized spacial score (nSPS) is 20.5. The fourth-order valence-electron chi connectivity index (χ4n) is 2.75. The molecule has 0 saturated carbocycles. The van der Waals surface area contributed by atoms with E-state index < -0.39 is 5.91 Å². The Morgan fingerprint density at radius 1 is 1.21 bits per heavy atom. The number of carbonyl (C=O) groups is 2. The molecule has 0 aliphatic carbocycles. The predicted octanol–water partition coefficient (Wildman–Crippen LogP) is 1.17. The minimum Gasteiger partial charge on any atom is -0.378 e. The third-order valence-electron chi connectivity index (χ3n) is 4.08. The lowest BCUT2D eigenvalue weighted by molar-refractivity contribution is -0.128. The summed E-state index contributed by atoms with van der Waals surface area (Å²) in [6, 6.07) is 7.79. The number of likely N-dealkylation sites (N-methyl/N-ethyl adjacent to an activating group) is 1. The van der Waals surface area contributed by atoms with Crippen molar-refractivity contribution in [2.75, 3.05) is 37.7 Å². The van der Waals surface area contributed by atoms with Crippen LogP contribution in [0.4, 0.5) is 5.69 Å². The van der Waals surface area contributed by atoms with Crippen LogP contribution in [0.5, 0.6) is 0 Å². The molecule has 126 valence electrons. The van der Waals surface area contributed by atoms with Crippen LogP contribution in [0.1, 0.15) is 12.5 Å². The van der Waals surface area contributed by atoms with Gasteiger partial charge in [0.15, 0.2) is 5.11 Å². The molecule has 2 aliphatic heterocycles. The molecule has 0 spiro atoms. The Hall–Kier alpha value is -2.25.